The maximum absolute atomic E-state index is 14.0. The minimum atomic E-state index is -4.93. The van der Waals surface area contributed by atoms with Gasteiger partial charge >= 0.3 is 24.7 Å². The van der Waals surface area contributed by atoms with Crippen molar-refractivity contribution in [3.8, 4) is 0 Å². The third-order valence-electron chi connectivity index (χ3n) is 16.9. The van der Waals surface area contributed by atoms with E-state index in [9.17, 15) is 127 Å². The van der Waals surface area contributed by atoms with Crippen molar-refractivity contribution < 1.29 is 127 Å². The molecule has 4 N–H and O–H groups in total. The van der Waals surface area contributed by atoms with E-state index in [0.29, 0.717) is 36.0 Å². The lowest BCUT2D eigenvalue weighted by atomic mass is 10.1. The average molecular weight is 2130 g/mol. The summed E-state index contributed by atoms with van der Waals surface area (Å²) in [6.45, 7) is 1.54. The number of hydrogen-bond acceptors (Lipinski definition) is 20. The molecular formula is C78H46Cl9F14N9O15S6. The number of ketones is 4. The SMILES string of the molecule is CS(=O)(=O)c1ccccc1C(=O)c1ncc(Cl)cc1NS(=O)(=O)c1ccc(Cl)c(C(F)(F)F)c1.CS(=O)c1ccccc1C(=O)c1ncc(Cl)cc1NS(=O)(=O)c1ccc(Cl)c(C(F)(F)F)c1.Cc1ncc(Cl)cc1C(=O)c1ncc(Cl)cc1NS(=O)(=O)c1ccc(Cl)c(C(F)(F)F)c1.O=C(c1ccc(F)cc1F)c1ncc(Cl)cc1NS(=O)(=O)c1ccc(Cl)c(C(F)(F)F)c1. The van der Waals surface area contributed by atoms with Gasteiger partial charge in [0.25, 0.3) is 40.1 Å². The standard InChI is InChI=1S/C20H13Cl2F3N2O5S2.C20H13Cl2F3N2O4S2.C19H11Cl3F3N3O3S.C19H9Cl2F5N2O3S/c1-33(29,30)17-5-3-2-4-13(17)19(28)18-16(8-11(21)10-26-18)27-34(31,32)12-6-7-15(22)14(9-12)20(23,24)25;1-32(29)17-5-3-2-4-13(17)19(28)18-16(8-11(21)10-26-18)27-33(30,31)12-6-7-15(22)14(9-12)20(23,24)25;1-9-13(4-10(20)7-26-9)18(29)17-16(5-11(21)8-27-17)28-32(30,31)12-2-3-15(22)14(6-12)19(23,24)25;20-9-5-16(17(27-8-9)18(29)12-3-1-10(22)6-15(12)23)28-32(30,31)11-2-4-14(21)13(7-11)19(24,25)26/h2-10,27H,1H3;2-10,27H,1H3;2-8,28H,1H3;1-8,28H. The molecule has 1 atom stereocenters. The third kappa shape index (κ3) is 26.2. The van der Waals surface area contributed by atoms with Gasteiger partial charge in [0.05, 0.1) is 131 Å². The van der Waals surface area contributed by atoms with Gasteiger partial charge < -0.3 is 0 Å². The van der Waals surface area contributed by atoms with Crippen molar-refractivity contribution in [2.75, 3.05) is 31.4 Å². The fourth-order valence-electron chi connectivity index (χ4n) is 11.0. The van der Waals surface area contributed by atoms with Gasteiger partial charge in [0.2, 0.25) is 23.1 Å². The highest BCUT2D eigenvalue weighted by Gasteiger charge is 2.40. The Balaban J connectivity index is 0.000000197. The molecule has 0 aliphatic heterocycles. The second-order valence-electron chi connectivity index (χ2n) is 26.1. The lowest BCUT2D eigenvalue weighted by molar-refractivity contribution is -0.138. The van der Waals surface area contributed by atoms with E-state index in [1.54, 1.807) is 6.07 Å². The molecule has 0 amide bonds. The van der Waals surface area contributed by atoms with Crippen LogP contribution < -0.4 is 18.9 Å². The Morgan fingerprint density at radius 2 is 0.611 bits per heavy atom. The maximum atomic E-state index is 14.0. The first-order valence-electron chi connectivity index (χ1n) is 34.7. The maximum Gasteiger partial charge on any atom is 0.417 e. The van der Waals surface area contributed by atoms with Crippen LogP contribution in [0.4, 0.5) is 84.2 Å². The molecule has 0 saturated heterocycles. The van der Waals surface area contributed by atoms with Crippen LogP contribution in [-0.4, -0.2) is 107 Å². The number of anilines is 4. The van der Waals surface area contributed by atoms with E-state index < -0.39 is 210 Å². The number of aromatic nitrogens is 5. The predicted octanol–water partition coefficient (Wildman–Crippen LogP) is 21.5. The Bertz CT molecular complexity index is 7250. The van der Waals surface area contributed by atoms with E-state index in [1.807, 2.05) is 9.44 Å². The second kappa shape index (κ2) is 41.0. The number of benzene rings is 7. The number of carbonyl (C=O) groups excluding carboxylic acids is 4. The third-order valence-corrected chi connectivity index (χ3v) is 26.9. The van der Waals surface area contributed by atoms with Crippen LogP contribution in [0.25, 0.3) is 0 Å². The number of nitrogens with zero attached hydrogens (tertiary/aromatic N) is 5. The highest BCUT2D eigenvalue weighted by Crippen LogP contribution is 2.43. The zero-order valence-corrected chi connectivity index (χ0v) is 76.3. The molecule has 0 aliphatic rings. The van der Waals surface area contributed by atoms with Crippen LogP contribution in [0.2, 0.25) is 45.2 Å². The number of aryl methyl sites for hydroxylation is 1. The van der Waals surface area contributed by atoms with E-state index >= 15 is 0 Å². The Morgan fingerprint density at radius 1 is 0.336 bits per heavy atom. The fraction of sp³-hybridized carbons (Fsp3) is 0.0897. The fourth-order valence-corrected chi connectivity index (χ4v) is 18.6. The minimum Gasteiger partial charge on any atom is -0.287 e. The first-order valence-corrected chi connectivity index (χ1v) is 47.5. The van der Waals surface area contributed by atoms with Gasteiger partial charge in [0, 0.05) is 76.8 Å². The number of pyridine rings is 5. The van der Waals surface area contributed by atoms with Gasteiger partial charge in [-0.2, -0.15) is 52.7 Å². The van der Waals surface area contributed by atoms with Gasteiger partial charge in [0.15, 0.2) is 9.84 Å². The van der Waals surface area contributed by atoms with Crippen LogP contribution in [0.1, 0.15) is 92.2 Å². The van der Waals surface area contributed by atoms with Gasteiger partial charge in [-0.3, -0.25) is 47.3 Å². The molecule has 0 radical (unpaired) electrons. The summed E-state index contributed by atoms with van der Waals surface area (Å²) in [5.74, 6) is -5.74. The van der Waals surface area contributed by atoms with Crippen molar-refractivity contribution in [2.24, 2.45) is 0 Å². The first-order chi connectivity index (χ1) is 60.5. The summed E-state index contributed by atoms with van der Waals surface area (Å²) < 4.78 is 331. The molecular weight excluding hydrogens is 2080 g/mol. The monoisotopic (exact) mass is 2120 g/mol. The highest BCUT2D eigenvalue weighted by molar-refractivity contribution is 7.93. The molecule has 0 fully saturated rings. The smallest absolute Gasteiger partial charge is 0.287 e. The van der Waals surface area contributed by atoms with Crippen LogP contribution in [0, 0.1) is 18.6 Å². The number of hydrogen-bond donors (Lipinski definition) is 4. The highest BCUT2D eigenvalue weighted by atomic mass is 35.5. The second-order valence-corrected chi connectivity index (χ2v) is 40.0. The van der Waals surface area contributed by atoms with E-state index in [1.165, 1.54) is 67.9 Å². The molecule has 131 heavy (non-hydrogen) atoms. The molecule has 12 rings (SSSR count). The van der Waals surface area contributed by atoms with E-state index in [-0.39, 0.29) is 74.4 Å². The summed E-state index contributed by atoms with van der Waals surface area (Å²) >= 11 is 51.5. The molecule has 5 aromatic heterocycles. The van der Waals surface area contributed by atoms with Crippen LogP contribution in [-0.2, 0) is 85.4 Å². The molecule has 0 aliphatic carbocycles. The van der Waals surface area contributed by atoms with Crippen LogP contribution in [0.15, 0.2) is 230 Å². The van der Waals surface area contributed by atoms with Crippen molar-refractivity contribution in [1.82, 2.24) is 24.9 Å². The molecule has 1 unspecified atom stereocenters. The van der Waals surface area contributed by atoms with Gasteiger partial charge in [-0.05, 0) is 146 Å². The van der Waals surface area contributed by atoms with Crippen molar-refractivity contribution in [1.29, 1.82) is 0 Å². The average Bonchev–Trinajstić information content (AvgIpc) is 0.899. The van der Waals surface area contributed by atoms with Crippen molar-refractivity contribution in [2.45, 2.75) is 61.0 Å². The summed E-state index contributed by atoms with van der Waals surface area (Å²) in [5.41, 5.74) is -9.55. The molecule has 0 spiro atoms. The largest absolute Gasteiger partial charge is 0.417 e. The number of halogens is 23. The summed E-state index contributed by atoms with van der Waals surface area (Å²) in [7, 11) is -24.0. The summed E-state index contributed by atoms with van der Waals surface area (Å²) in [6, 6.07) is 26.7. The summed E-state index contributed by atoms with van der Waals surface area (Å²) in [5, 5.41) is -2.89. The van der Waals surface area contributed by atoms with Crippen LogP contribution in [0.5, 0.6) is 0 Å². The van der Waals surface area contributed by atoms with Gasteiger partial charge in [-0.1, -0.05) is 129 Å². The van der Waals surface area contributed by atoms with Crippen molar-refractivity contribution in [3.63, 3.8) is 0 Å². The lowest BCUT2D eigenvalue weighted by Gasteiger charge is -2.15. The normalized spacial score (nSPS) is 12.3. The van der Waals surface area contributed by atoms with Crippen molar-refractivity contribution in [3.05, 3.63) is 331 Å². The molecule has 24 nitrogen and oxygen atoms in total. The molecule has 5 heterocycles. The Labute approximate surface area is 779 Å². The number of sulfone groups is 1. The van der Waals surface area contributed by atoms with Crippen molar-refractivity contribution >= 4 is 211 Å². The molecule has 690 valence electrons. The molecule has 7 aromatic carbocycles. The zero-order chi connectivity index (χ0) is 97.7. The zero-order valence-electron chi connectivity index (χ0n) is 64.6. The van der Waals surface area contributed by atoms with Gasteiger partial charge in [-0.15, -0.1) is 0 Å². The van der Waals surface area contributed by atoms with Gasteiger partial charge in [-0.25, -0.2) is 70.8 Å². The molecule has 12 aromatic rings. The topological polar surface area (TPSA) is 369 Å². The Hall–Kier alpha value is -10.3. The number of sulfonamides is 4. The summed E-state index contributed by atoms with van der Waals surface area (Å²) in [6.07, 6.45) is -11.8. The molecule has 0 saturated carbocycles. The summed E-state index contributed by atoms with van der Waals surface area (Å²) in [4.78, 5) is 68.0. The number of nitrogens with one attached hydrogen (secondary N) is 4. The Morgan fingerprint density at radius 3 is 0.916 bits per heavy atom. The number of alkyl halides is 12. The van der Waals surface area contributed by atoms with E-state index in [2.05, 4.69) is 34.4 Å². The molecule has 0 bridgehead atoms. The van der Waals surface area contributed by atoms with Crippen LogP contribution >= 0.6 is 104 Å². The van der Waals surface area contributed by atoms with Gasteiger partial charge in [0.1, 0.15) is 34.4 Å². The first kappa shape index (κ1) is 104. The minimum absolute atomic E-state index is 0.0134. The number of rotatable bonds is 22. The van der Waals surface area contributed by atoms with Crippen LogP contribution in [0.3, 0.4) is 0 Å². The quantitative estimate of drug-likeness (QED) is 0.0362. The number of carbonyl (C=O) groups is 4. The predicted molar refractivity (Wildman–Crippen MR) is 458 cm³/mol. The van der Waals surface area contributed by atoms with E-state index in [4.69, 9.17) is 104 Å². The molecule has 53 heteroatoms. The van der Waals surface area contributed by atoms with E-state index in [0.717, 1.165) is 116 Å². The Kier molecular flexibility index (Phi) is 32.7. The lowest BCUT2D eigenvalue weighted by Crippen LogP contribution is -2.19.